The van der Waals surface area contributed by atoms with Gasteiger partial charge in [-0.2, -0.15) is 0 Å². The van der Waals surface area contributed by atoms with E-state index < -0.39 is 0 Å². The van der Waals surface area contributed by atoms with Gasteiger partial charge in [-0.1, -0.05) is 36.4 Å². The molecule has 4 nitrogen and oxygen atoms in total. The van der Waals surface area contributed by atoms with Gasteiger partial charge in [0.1, 0.15) is 12.4 Å². The molecule has 2 unspecified atom stereocenters. The van der Waals surface area contributed by atoms with Crippen molar-refractivity contribution in [1.82, 2.24) is 0 Å². The molecule has 0 amide bonds. The molecule has 4 rings (SSSR count). The van der Waals surface area contributed by atoms with Gasteiger partial charge in [-0.05, 0) is 36.8 Å². The Bertz CT molecular complexity index is 912. The van der Waals surface area contributed by atoms with E-state index in [-0.39, 0.29) is 30.2 Å². The first-order valence-electron chi connectivity index (χ1n) is 9.20. The zero-order chi connectivity index (χ0) is 18.8. The monoisotopic (exact) mass is 379 g/mol. The number of esters is 1. The lowest BCUT2D eigenvalue weighted by molar-refractivity contribution is -0.140. The SMILES string of the molecule is CC1=C(C(=O)OCc2ccccc2)C(c2cccs2)C2C(=O)CCCC2=N1. The molecule has 0 saturated heterocycles. The first-order chi connectivity index (χ1) is 13.1. The van der Waals surface area contributed by atoms with E-state index >= 15 is 0 Å². The summed E-state index contributed by atoms with van der Waals surface area (Å²) in [6, 6.07) is 13.6. The van der Waals surface area contributed by atoms with Crippen molar-refractivity contribution in [3.05, 3.63) is 69.6 Å². The second kappa shape index (κ2) is 7.61. The van der Waals surface area contributed by atoms with Gasteiger partial charge in [0.25, 0.3) is 0 Å². The van der Waals surface area contributed by atoms with E-state index in [0.29, 0.717) is 17.7 Å². The molecule has 0 spiro atoms. The highest BCUT2D eigenvalue weighted by Gasteiger charge is 2.44. The molecule has 0 N–H and O–H groups in total. The van der Waals surface area contributed by atoms with E-state index in [1.54, 1.807) is 11.3 Å². The third-order valence-electron chi connectivity index (χ3n) is 5.19. The maximum absolute atomic E-state index is 13.0. The quantitative estimate of drug-likeness (QED) is 0.725. The van der Waals surface area contributed by atoms with Gasteiger partial charge in [0, 0.05) is 28.6 Å². The minimum atomic E-state index is -0.379. The summed E-state index contributed by atoms with van der Waals surface area (Å²) in [5.41, 5.74) is 3.05. The molecule has 0 bridgehead atoms. The molecule has 5 heteroatoms. The number of carbonyl (C=O) groups is 2. The number of thiophene rings is 1. The van der Waals surface area contributed by atoms with Gasteiger partial charge in [0.05, 0.1) is 11.5 Å². The number of ether oxygens (including phenoxy) is 1. The Morgan fingerprint density at radius 2 is 1.96 bits per heavy atom. The van der Waals surface area contributed by atoms with Crippen molar-refractivity contribution < 1.29 is 14.3 Å². The molecule has 1 aliphatic heterocycles. The van der Waals surface area contributed by atoms with Gasteiger partial charge in [-0.3, -0.25) is 9.79 Å². The highest BCUT2D eigenvalue weighted by atomic mass is 32.1. The minimum absolute atomic E-state index is 0.180. The Hall–Kier alpha value is -2.53. The highest BCUT2D eigenvalue weighted by Crippen LogP contribution is 2.44. The number of rotatable bonds is 4. The zero-order valence-corrected chi connectivity index (χ0v) is 16.0. The smallest absolute Gasteiger partial charge is 0.336 e. The van der Waals surface area contributed by atoms with Crippen LogP contribution in [0.25, 0.3) is 0 Å². The number of hydrogen-bond acceptors (Lipinski definition) is 5. The number of ketones is 1. The van der Waals surface area contributed by atoms with E-state index in [1.165, 1.54) is 0 Å². The number of allylic oxidation sites excluding steroid dienone is 1. The fraction of sp³-hybridized carbons (Fsp3) is 0.318. The fourth-order valence-corrected chi connectivity index (χ4v) is 4.83. The number of benzene rings is 1. The highest BCUT2D eigenvalue weighted by molar-refractivity contribution is 7.10. The maximum Gasteiger partial charge on any atom is 0.336 e. The third kappa shape index (κ3) is 3.52. The van der Waals surface area contributed by atoms with Crippen LogP contribution < -0.4 is 0 Å². The van der Waals surface area contributed by atoms with Crippen molar-refractivity contribution >= 4 is 28.8 Å². The Labute approximate surface area is 162 Å². The summed E-state index contributed by atoms with van der Waals surface area (Å²) in [6.45, 7) is 2.06. The van der Waals surface area contributed by atoms with Crippen LogP contribution in [0.2, 0.25) is 0 Å². The normalized spacial score (nSPS) is 22.3. The first kappa shape index (κ1) is 17.9. The molecule has 27 heavy (non-hydrogen) atoms. The predicted octanol–water partition coefficient (Wildman–Crippen LogP) is 4.67. The van der Waals surface area contributed by atoms with Crippen molar-refractivity contribution in [2.75, 3.05) is 0 Å². The molecule has 1 saturated carbocycles. The zero-order valence-electron chi connectivity index (χ0n) is 15.2. The average molecular weight is 379 g/mol. The number of fused-ring (bicyclic) bond motifs is 1. The lowest BCUT2D eigenvalue weighted by Crippen LogP contribution is -2.38. The maximum atomic E-state index is 13.0. The van der Waals surface area contributed by atoms with Gasteiger partial charge in [0.15, 0.2) is 0 Å². The molecule has 1 aromatic carbocycles. The molecule has 2 heterocycles. The van der Waals surface area contributed by atoms with Crippen molar-refractivity contribution in [1.29, 1.82) is 0 Å². The number of nitrogens with zero attached hydrogens (tertiary/aromatic N) is 1. The Morgan fingerprint density at radius 3 is 2.70 bits per heavy atom. The molecule has 138 valence electrons. The molecular weight excluding hydrogens is 358 g/mol. The fourth-order valence-electron chi connectivity index (χ4n) is 3.96. The van der Waals surface area contributed by atoms with E-state index in [9.17, 15) is 9.59 Å². The van der Waals surface area contributed by atoms with Gasteiger partial charge < -0.3 is 4.74 Å². The summed E-state index contributed by atoms with van der Waals surface area (Å²) < 4.78 is 5.61. The van der Waals surface area contributed by atoms with Crippen LogP contribution in [-0.4, -0.2) is 17.5 Å². The Balaban J connectivity index is 1.68. The largest absolute Gasteiger partial charge is 0.457 e. The number of Topliss-reactive ketones (excluding diaryl/α,β-unsaturated/α-hetero) is 1. The van der Waals surface area contributed by atoms with Gasteiger partial charge in [0.2, 0.25) is 0 Å². The molecule has 2 aromatic rings. The summed E-state index contributed by atoms with van der Waals surface area (Å²) in [5, 5.41) is 1.98. The van der Waals surface area contributed by atoms with Gasteiger partial charge in [-0.15, -0.1) is 11.3 Å². The van der Waals surface area contributed by atoms with E-state index in [4.69, 9.17) is 4.74 Å². The summed E-state index contributed by atoms with van der Waals surface area (Å²) in [5.74, 6) is -0.816. The predicted molar refractivity (Wildman–Crippen MR) is 106 cm³/mol. The topological polar surface area (TPSA) is 55.7 Å². The van der Waals surface area contributed by atoms with Crippen molar-refractivity contribution in [2.24, 2.45) is 10.9 Å². The number of hydrogen-bond donors (Lipinski definition) is 0. The van der Waals surface area contributed by atoms with Crippen LogP contribution in [0, 0.1) is 5.92 Å². The van der Waals surface area contributed by atoms with E-state index in [2.05, 4.69) is 4.99 Å². The third-order valence-corrected chi connectivity index (χ3v) is 6.15. The lowest BCUT2D eigenvalue weighted by Gasteiger charge is -2.34. The van der Waals surface area contributed by atoms with Crippen LogP contribution in [0.5, 0.6) is 0 Å². The van der Waals surface area contributed by atoms with E-state index in [1.807, 2.05) is 54.8 Å². The van der Waals surface area contributed by atoms with Crippen LogP contribution in [0.1, 0.15) is 42.5 Å². The first-order valence-corrected chi connectivity index (χ1v) is 10.1. The second-order valence-electron chi connectivity index (χ2n) is 6.95. The molecule has 1 aliphatic carbocycles. The van der Waals surface area contributed by atoms with E-state index in [0.717, 1.165) is 29.0 Å². The molecule has 0 radical (unpaired) electrons. The van der Waals surface area contributed by atoms with Crippen LogP contribution in [0.4, 0.5) is 0 Å². The summed E-state index contributed by atoms with van der Waals surface area (Å²) in [6.07, 6.45) is 2.21. The average Bonchev–Trinajstić information content (AvgIpc) is 3.20. The standard InChI is InChI=1S/C22H21NO3S/c1-14-19(22(25)26-13-15-7-3-2-4-8-15)21(18-11-6-12-27-18)20-16(23-14)9-5-10-17(20)24/h2-4,6-8,11-12,20-21H,5,9-10,13H2,1H3. The Morgan fingerprint density at radius 1 is 1.15 bits per heavy atom. The molecular formula is C22H21NO3S. The van der Waals surface area contributed by atoms with Crippen molar-refractivity contribution in [2.45, 2.75) is 38.7 Å². The second-order valence-corrected chi connectivity index (χ2v) is 7.93. The van der Waals surface area contributed by atoms with Crippen molar-refractivity contribution in [3.63, 3.8) is 0 Å². The Kier molecular flexibility index (Phi) is 5.03. The minimum Gasteiger partial charge on any atom is -0.457 e. The summed E-state index contributed by atoms with van der Waals surface area (Å²) in [4.78, 5) is 31.4. The lowest BCUT2D eigenvalue weighted by atomic mass is 9.71. The van der Waals surface area contributed by atoms with Gasteiger partial charge in [-0.25, -0.2) is 4.79 Å². The number of aliphatic imine (C=N–C) groups is 1. The van der Waals surface area contributed by atoms with Crippen LogP contribution in [0.15, 0.2) is 64.1 Å². The summed E-state index contributed by atoms with van der Waals surface area (Å²) in [7, 11) is 0. The summed E-state index contributed by atoms with van der Waals surface area (Å²) >= 11 is 1.58. The van der Waals surface area contributed by atoms with Crippen LogP contribution in [0.3, 0.4) is 0 Å². The molecule has 1 fully saturated rings. The van der Waals surface area contributed by atoms with Crippen LogP contribution in [-0.2, 0) is 20.9 Å². The van der Waals surface area contributed by atoms with Crippen molar-refractivity contribution in [3.8, 4) is 0 Å². The molecule has 1 aromatic heterocycles. The molecule has 2 atom stereocenters. The number of carbonyl (C=O) groups excluding carboxylic acids is 2. The van der Waals surface area contributed by atoms with Gasteiger partial charge >= 0.3 is 5.97 Å². The van der Waals surface area contributed by atoms with Crippen LogP contribution >= 0.6 is 11.3 Å². The molecule has 2 aliphatic rings.